The molecule has 0 saturated carbocycles. The van der Waals surface area contributed by atoms with Crippen molar-refractivity contribution < 1.29 is 12.8 Å². The molecule has 2 saturated heterocycles. The van der Waals surface area contributed by atoms with Crippen molar-refractivity contribution in [3.05, 3.63) is 42.3 Å². The number of nitrogens with zero attached hydrogens (tertiary/aromatic N) is 5. The molecule has 0 aromatic carbocycles. The van der Waals surface area contributed by atoms with E-state index in [0.717, 1.165) is 51.6 Å². The third kappa shape index (κ3) is 5.46. The Labute approximate surface area is 185 Å². The van der Waals surface area contributed by atoms with Crippen molar-refractivity contribution in [3.63, 3.8) is 0 Å². The maximum atomic E-state index is 12.2. The standard InChI is InChI=1S/C22H33N5O3S/c1-24(2)31(28,29)22-9-8-20(30-22)18-26-11-5-6-19(17-26)16-25-12-14-27(15-13-25)21-7-3-4-10-23-21/h3-4,7-10,19H,5-6,11-18H2,1-2H3. The van der Waals surface area contributed by atoms with E-state index in [4.69, 9.17) is 4.42 Å². The van der Waals surface area contributed by atoms with E-state index in [0.29, 0.717) is 18.2 Å². The fourth-order valence-electron chi connectivity index (χ4n) is 4.49. The molecule has 170 valence electrons. The first-order valence-electron chi connectivity index (χ1n) is 11.0. The summed E-state index contributed by atoms with van der Waals surface area (Å²) in [5.74, 6) is 2.42. The summed E-state index contributed by atoms with van der Waals surface area (Å²) < 4.78 is 31.3. The van der Waals surface area contributed by atoms with E-state index in [1.807, 2.05) is 18.3 Å². The summed E-state index contributed by atoms with van der Waals surface area (Å²) in [5, 5.41) is 0.0202. The van der Waals surface area contributed by atoms with Crippen molar-refractivity contribution in [2.24, 2.45) is 5.92 Å². The van der Waals surface area contributed by atoms with E-state index < -0.39 is 10.0 Å². The van der Waals surface area contributed by atoms with Crippen LogP contribution in [0, 0.1) is 5.92 Å². The van der Waals surface area contributed by atoms with Crippen molar-refractivity contribution in [1.82, 2.24) is 19.1 Å². The quantitative estimate of drug-likeness (QED) is 0.642. The highest BCUT2D eigenvalue weighted by Crippen LogP contribution is 2.23. The van der Waals surface area contributed by atoms with E-state index in [2.05, 4.69) is 25.8 Å². The number of pyridine rings is 1. The fraction of sp³-hybridized carbons (Fsp3) is 0.591. The number of hydrogen-bond donors (Lipinski definition) is 0. The molecular formula is C22H33N5O3S. The molecule has 0 radical (unpaired) electrons. The number of likely N-dealkylation sites (tertiary alicyclic amines) is 1. The van der Waals surface area contributed by atoms with E-state index in [1.54, 1.807) is 12.1 Å². The van der Waals surface area contributed by atoms with Crippen LogP contribution in [0.2, 0.25) is 0 Å². The highest BCUT2D eigenvalue weighted by Gasteiger charge is 2.26. The van der Waals surface area contributed by atoms with Crippen molar-refractivity contribution in [2.45, 2.75) is 24.5 Å². The predicted octanol–water partition coefficient (Wildman–Crippen LogP) is 1.96. The zero-order chi connectivity index (χ0) is 21.8. The minimum Gasteiger partial charge on any atom is -0.447 e. The van der Waals surface area contributed by atoms with Gasteiger partial charge in [-0.15, -0.1) is 0 Å². The highest BCUT2D eigenvalue weighted by molar-refractivity contribution is 7.88. The maximum absolute atomic E-state index is 12.2. The third-order valence-electron chi connectivity index (χ3n) is 6.22. The Morgan fingerprint density at radius 2 is 1.87 bits per heavy atom. The lowest BCUT2D eigenvalue weighted by molar-refractivity contribution is 0.118. The summed E-state index contributed by atoms with van der Waals surface area (Å²) in [4.78, 5) is 11.8. The lowest BCUT2D eigenvalue weighted by atomic mass is 9.97. The second-order valence-electron chi connectivity index (χ2n) is 8.73. The van der Waals surface area contributed by atoms with E-state index in [-0.39, 0.29) is 5.09 Å². The summed E-state index contributed by atoms with van der Waals surface area (Å²) >= 11 is 0. The maximum Gasteiger partial charge on any atom is 0.275 e. The first-order valence-corrected chi connectivity index (χ1v) is 12.5. The Balaban J connectivity index is 1.26. The van der Waals surface area contributed by atoms with Gasteiger partial charge in [0.05, 0.1) is 6.54 Å². The molecule has 31 heavy (non-hydrogen) atoms. The van der Waals surface area contributed by atoms with Crippen LogP contribution >= 0.6 is 0 Å². The van der Waals surface area contributed by atoms with Gasteiger partial charge in [0.2, 0.25) is 5.09 Å². The van der Waals surface area contributed by atoms with E-state index in [1.165, 1.54) is 31.2 Å². The number of anilines is 1. The average molecular weight is 448 g/mol. The SMILES string of the molecule is CN(C)S(=O)(=O)c1ccc(CN2CCCC(CN3CCN(c4ccccn4)CC3)C2)o1. The van der Waals surface area contributed by atoms with Gasteiger partial charge >= 0.3 is 0 Å². The first-order chi connectivity index (χ1) is 14.9. The second-order valence-corrected chi connectivity index (χ2v) is 10.8. The van der Waals surface area contributed by atoms with Gasteiger partial charge < -0.3 is 9.32 Å². The molecule has 2 aromatic rings. The fourth-order valence-corrected chi connectivity index (χ4v) is 5.30. The molecule has 4 heterocycles. The summed E-state index contributed by atoms with van der Waals surface area (Å²) in [6.07, 6.45) is 4.27. The number of rotatable bonds is 7. The minimum absolute atomic E-state index is 0.0202. The summed E-state index contributed by atoms with van der Waals surface area (Å²) in [6.45, 7) is 8.00. The minimum atomic E-state index is -3.52. The highest BCUT2D eigenvalue weighted by atomic mass is 32.2. The molecule has 2 aliphatic heterocycles. The van der Waals surface area contributed by atoms with Gasteiger partial charge in [0.1, 0.15) is 11.6 Å². The van der Waals surface area contributed by atoms with Crippen LogP contribution in [0.4, 0.5) is 5.82 Å². The van der Waals surface area contributed by atoms with Crippen LogP contribution in [-0.2, 0) is 16.6 Å². The van der Waals surface area contributed by atoms with Crippen molar-refractivity contribution in [1.29, 1.82) is 0 Å². The Morgan fingerprint density at radius 3 is 2.58 bits per heavy atom. The molecule has 0 N–H and O–H groups in total. The largest absolute Gasteiger partial charge is 0.447 e. The van der Waals surface area contributed by atoms with E-state index in [9.17, 15) is 8.42 Å². The van der Waals surface area contributed by atoms with Crippen LogP contribution in [0.3, 0.4) is 0 Å². The van der Waals surface area contributed by atoms with Gasteiger partial charge in [0.15, 0.2) is 0 Å². The van der Waals surface area contributed by atoms with Gasteiger partial charge in [0, 0.05) is 59.6 Å². The number of piperazine rings is 1. The molecular weight excluding hydrogens is 414 g/mol. The molecule has 1 atom stereocenters. The molecule has 1 unspecified atom stereocenters. The van der Waals surface area contributed by atoms with Crippen LogP contribution in [-0.4, -0.2) is 87.4 Å². The smallest absolute Gasteiger partial charge is 0.275 e. The normalized spacial score (nSPS) is 21.6. The molecule has 0 amide bonds. The Bertz CT molecular complexity index is 939. The van der Waals surface area contributed by atoms with Gasteiger partial charge in [-0.1, -0.05) is 6.07 Å². The van der Waals surface area contributed by atoms with E-state index >= 15 is 0 Å². The van der Waals surface area contributed by atoms with Crippen LogP contribution in [0.1, 0.15) is 18.6 Å². The molecule has 2 fully saturated rings. The molecule has 2 aliphatic rings. The third-order valence-corrected chi connectivity index (χ3v) is 7.91. The Kier molecular flexibility index (Phi) is 6.95. The monoisotopic (exact) mass is 447 g/mol. The number of hydrogen-bond acceptors (Lipinski definition) is 7. The summed E-state index contributed by atoms with van der Waals surface area (Å²) in [6, 6.07) is 9.44. The van der Waals surface area contributed by atoms with Crippen LogP contribution in [0.25, 0.3) is 0 Å². The molecule has 4 rings (SSSR count). The summed E-state index contributed by atoms with van der Waals surface area (Å²) in [7, 11) is -0.485. The number of sulfonamides is 1. The first kappa shape index (κ1) is 22.3. The lowest BCUT2D eigenvalue weighted by Gasteiger charge is -2.39. The molecule has 2 aromatic heterocycles. The van der Waals surface area contributed by atoms with Crippen molar-refractivity contribution in [3.8, 4) is 0 Å². The zero-order valence-corrected chi connectivity index (χ0v) is 19.3. The molecule has 0 bridgehead atoms. The average Bonchev–Trinajstić information content (AvgIpc) is 3.24. The van der Waals surface area contributed by atoms with Crippen LogP contribution in [0.15, 0.2) is 46.0 Å². The van der Waals surface area contributed by atoms with Crippen molar-refractivity contribution in [2.75, 3.05) is 64.8 Å². The predicted molar refractivity (Wildman–Crippen MR) is 120 cm³/mol. The van der Waals surface area contributed by atoms with Gasteiger partial charge in [-0.25, -0.2) is 17.7 Å². The van der Waals surface area contributed by atoms with Gasteiger partial charge in [-0.2, -0.15) is 0 Å². The molecule has 8 nitrogen and oxygen atoms in total. The summed E-state index contributed by atoms with van der Waals surface area (Å²) in [5.41, 5.74) is 0. The zero-order valence-electron chi connectivity index (χ0n) is 18.5. The van der Waals surface area contributed by atoms with Crippen LogP contribution in [0.5, 0.6) is 0 Å². The number of furan rings is 1. The Morgan fingerprint density at radius 1 is 1.06 bits per heavy atom. The Hall–Kier alpha value is -1.94. The topological polar surface area (TPSA) is 73.1 Å². The number of aromatic nitrogens is 1. The molecule has 0 aliphatic carbocycles. The molecule has 0 spiro atoms. The second kappa shape index (κ2) is 9.68. The number of piperidine rings is 1. The van der Waals surface area contributed by atoms with Gasteiger partial charge in [-0.3, -0.25) is 9.80 Å². The lowest BCUT2D eigenvalue weighted by Crippen LogP contribution is -2.49. The van der Waals surface area contributed by atoms with Crippen LogP contribution < -0.4 is 4.90 Å². The van der Waals surface area contributed by atoms with Gasteiger partial charge in [-0.05, 0) is 49.6 Å². The molecule has 9 heteroatoms. The van der Waals surface area contributed by atoms with Gasteiger partial charge in [0.25, 0.3) is 10.0 Å². The van der Waals surface area contributed by atoms with Crippen molar-refractivity contribution >= 4 is 15.8 Å².